The van der Waals surface area contributed by atoms with Gasteiger partial charge in [-0.25, -0.2) is 19.7 Å². The number of aryl methyl sites for hydroxylation is 1. The maximum Gasteiger partial charge on any atom is 0.405 e. The number of rotatable bonds is 9. The number of ether oxygens (including phenoxy) is 2. The highest BCUT2D eigenvalue weighted by Gasteiger charge is 2.30. The fourth-order valence-electron chi connectivity index (χ4n) is 3.40. The van der Waals surface area contributed by atoms with Gasteiger partial charge in [-0.3, -0.25) is 0 Å². The van der Waals surface area contributed by atoms with E-state index in [0.717, 1.165) is 22.0 Å². The maximum atomic E-state index is 11.3. The molecule has 0 aliphatic heterocycles. The summed E-state index contributed by atoms with van der Waals surface area (Å²) in [4.78, 5) is 24.3. The van der Waals surface area contributed by atoms with Gasteiger partial charge in [0.2, 0.25) is 5.95 Å². The van der Waals surface area contributed by atoms with Crippen LogP contribution in [0.3, 0.4) is 0 Å². The highest BCUT2D eigenvalue weighted by molar-refractivity contribution is 7.13. The Kier molecular flexibility index (Phi) is 7.06. The zero-order valence-corrected chi connectivity index (χ0v) is 18.9. The SMILES string of the molecule is Cc1cc(-c2ccnc(Nc3nccs3)n2)ccc1OC[C@](C)(CC(C)C)OC(N)=O. The van der Waals surface area contributed by atoms with Gasteiger partial charge >= 0.3 is 6.09 Å². The van der Waals surface area contributed by atoms with Crippen LogP contribution in [0.4, 0.5) is 15.9 Å². The fraction of sp³-hybridized carbons (Fsp3) is 0.364. The van der Waals surface area contributed by atoms with Gasteiger partial charge in [0.25, 0.3) is 0 Å². The normalized spacial score (nSPS) is 12.9. The van der Waals surface area contributed by atoms with Gasteiger partial charge in [-0.05, 0) is 56.0 Å². The number of aromatic nitrogens is 3. The smallest absolute Gasteiger partial charge is 0.405 e. The summed E-state index contributed by atoms with van der Waals surface area (Å²) < 4.78 is 11.3. The lowest BCUT2D eigenvalue weighted by Gasteiger charge is -2.30. The molecule has 1 atom stereocenters. The lowest BCUT2D eigenvalue weighted by atomic mass is 9.95. The van der Waals surface area contributed by atoms with Crippen molar-refractivity contribution in [3.05, 3.63) is 47.6 Å². The fourth-order valence-corrected chi connectivity index (χ4v) is 3.92. The average molecular weight is 442 g/mol. The molecule has 3 aromatic rings. The first-order valence-electron chi connectivity index (χ1n) is 9.96. The van der Waals surface area contributed by atoms with Crippen LogP contribution < -0.4 is 15.8 Å². The third-order valence-electron chi connectivity index (χ3n) is 4.50. The highest BCUT2D eigenvalue weighted by Crippen LogP contribution is 2.28. The van der Waals surface area contributed by atoms with E-state index in [-0.39, 0.29) is 6.61 Å². The molecule has 2 heterocycles. The number of carbonyl (C=O) groups is 1. The summed E-state index contributed by atoms with van der Waals surface area (Å²) in [5.41, 5.74) is 7.12. The molecule has 3 N–H and O–H groups in total. The number of nitrogens with two attached hydrogens (primary N) is 1. The van der Waals surface area contributed by atoms with Crippen molar-refractivity contribution in [2.45, 2.75) is 39.7 Å². The van der Waals surface area contributed by atoms with Crippen LogP contribution in [0.5, 0.6) is 5.75 Å². The molecule has 0 bridgehead atoms. The highest BCUT2D eigenvalue weighted by atomic mass is 32.1. The predicted molar refractivity (Wildman–Crippen MR) is 122 cm³/mol. The number of hydrogen-bond acceptors (Lipinski definition) is 8. The Labute approximate surface area is 185 Å². The van der Waals surface area contributed by atoms with E-state index in [9.17, 15) is 4.79 Å². The van der Waals surface area contributed by atoms with Crippen LogP contribution in [0.25, 0.3) is 11.3 Å². The van der Waals surface area contributed by atoms with Crippen molar-refractivity contribution in [2.24, 2.45) is 11.7 Å². The van der Waals surface area contributed by atoms with Crippen LogP contribution in [-0.4, -0.2) is 33.3 Å². The van der Waals surface area contributed by atoms with E-state index in [4.69, 9.17) is 15.2 Å². The van der Waals surface area contributed by atoms with E-state index in [1.807, 2.05) is 43.5 Å². The minimum absolute atomic E-state index is 0.212. The van der Waals surface area contributed by atoms with Crippen molar-refractivity contribution in [3.8, 4) is 17.0 Å². The second-order valence-electron chi connectivity index (χ2n) is 7.97. The van der Waals surface area contributed by atoms with Crippen molar-refractivity contribution < 1.29 is 14.3 Å². The van der Waals surface area contributed by atoms with Crippen LogP contribution in [-0.2, 0) is 4.74 Å². The Bertz CT molecular complexity index is 1030. The van der Waals surface area contributed by atoms with Gasteiger partial charge in [0.1, 0.15) is 18.0 Å². The number of thiazole rings is 1. The molecule has 0 aliphatic rings. The topological polar surface area (TPSA) is 112 Å². The summed E-state index contributed by atoms with van der Waals surface area (Å²) >= 11 is 1.48. The Morgan fingerprint density at radius 2 is 2.06 bits per heavy atom. The molecule has 0 fully saturated rings. The molecule has 0 aliphatic carbocycles. The van der Waals surface area contributed by atoms with Crippen molar-refractivity contribution >= 4 is 28.5 Å². The first kappa shape index (κ1) is 22.5. The second-order valence-corrected chi connectivity index (χ2v) is 8.86. The molecule has 1 amide bonds. The summed E-state index contributed by atoms with van der Waals surface area (Å²) in [5, 5.41) is 5.72. The summed E-state index contributed by atoms with van der Waals surface area (Å²) in [7, 11) is 0. The summed E-state index contributed by atoms with van der Waals surface area (Å²) in [6.45, 7) is 8.12. The van der Waals surface area contributed by atoms with Gasteiger partial charge in [0.15, 0.2) is 5.13 Å². The monoisotopic (exact) mass is 441 g/mol. The minimum Gasteiger partial charge on any atom is -0.489 e. The molecule has 0 spiro atoms. The van der Waals surface area contributed by atoms with Crippen LogP contribution in [0.1, 0.15) is 32.8 Å². The van der Waals surface area contributed by atoms with Crippen LogP contribution in [0, 0.1) is 12.8 Å². The van der Waals surface area contributed by atoms with E-state index in [2.05, 4.69) is 34.1 Å². The number of nitrogens with one attached hydrogen (secondary N) is 1. The zero-order valence-electron chi connectivity index (χ0n) is 18.1. The van der Waals surface area contributed by atoms with Crippen LogP contribution >= 0.6 is 11.3 Å². The Balaban J connectivity index is 1.73. The standard InChI is InChI=1S/C22H27N5O3S/c1-14(2)12-22(4,30-19(23)28)13-29-18-6-5-16(11-15(18)3)17-7-8-24-20(26-17)27-21-25-9-10-31-21/h5-11,14H,12-13H2,1-4H3,(H2,23,28)(H,24,25,26,27)/t22-/m0/s1. The molecular weight excluding hydrogens is 414 g/mol. The molecule has 3 rings (SSSR count). The maximum absolute atomic E-state index is 11.3. The van der Waals surface area contributed by atoms with Crippen molar-refractivity contribution in [2.75, 3.05) is 11.9 Å². The van der Waals surface area contributed by atoms with E-state index >= 15 is 0 Å². The summed E-state index contributed by atoms with van der Waals surface area (Å²) in [6.07, 6.45) is 3.27. The average Bonchev–Trinajstić information content (AvgIpc) is 3.19. The van der Waals surface area contributed by atoms with Crippen molar-refractivity contribution in [1.82, 2.24) is 15.0 Å². The van der Waals surface area contributed by atoms with E-state index in [1.165, 1.54) is 11.3 Å². The Morgan fingerprint density at radius 1 is 1.26 bits per heavy atom. The van der Waals surface area contributed by atoms with Gasteiger partial charge in [0, 0.05) is 23.3 Å². The lowest BCUT2D eigenvalue weighted by Crippen LogP contribution is -2.41. The minimum atomic E-state index is -0.801. The first-order chi connectivity index (χ1) is 14.7. The van der Waals surface area contributed by atoms with E-state index in [0.29, 0.717) is 24.0 Å². The number of anilines is 2. The summed E-state index contributed by atoms with van der Waals surface area (Å²) in [5.74, 6) is 1.52. The van der Waals surface area contributed by atoms with Crippen molar-refractivity contribution in [3.63, 3.8) is 0 Å². The number of amides is 1. The number of nitrogens with zero attached hydrogens (tertiary/aromatic N) is 3. The molecule has 9 heteroatoms. The molecule has 0 unspecified atom stereocenters. The quantitative estimate of drug-likeness (QED) is 0.484. The molecule has 164 valence electrons. The van der Waals surface area contributed by atoms with Crippen LogP contribution in [0.2, 0.25) is 0 Å². The molecule has 0 saturated heterocycles. The van der Waals surface area contributed by atoms with Crippen LogP contribution in [0.15, 0.2) is 42.0 Å². The lowest BCUT2D eigenvalue weighted by molar-refractivity contribution is -0.0187. The van der Waals surface area contributed by atoms with E-state index < -0.39 is 11.7 Å². The van der Waals surface area contributed by atoms with Gasteiger partial charge in [-0.2, -0.15) is 0 Å². The Morgan fingerprint density at radius 3 is 2.71 bits per heavy atom. The Hall–Kier alpha value is -3.20. The second kappa shape index (κ2) is 9.74. The van der Waals surface area contributed by atoms with E-state index in [1.54, 1.807) is 12.4 Å². The molecule has 8 nitrogen and oxygen atoms in total. The number of hydrogen-bond donors (Lipinski definition) is 2. The third kappa shape index (κ3) is 6.39. The molecule has 31 heavy (non-hydrogen) atoms. The zero-order chi connectivity index (χ0) is 22.4. The first-order valence-corrected chi connectivity index (χ1v) is 10.8. The predicted octanol–water partition coefficient (Wildman–Crippen LogP) is 4.93. The largest absolute Gasteiger partial charge is 0.489 e. The van der Waals surface area contributed by atoms with Gasteiger partial charge in [-0.1, -0.05) is 13.8 Å². The molecule has 0 saturated carbocycles. The van der Waals surface area contributed by atoms with Crippen molar-refractivity contribution in [1.29, 1.82) is 0 Å². The van der Waals surface area contributed by atoms with Gasteiger partial charge in [0.05, 0.1) is 5.69 Å². The third-order valence-corrected chi connectivity index (χ3v) is 5.19. The number of carbonyl (C=O) groups excluding carboxylic acids is 1. The molecule has 2 aromatic heterocycles. The molecule has 1 aromatic carbocycles. The van der Waals surface area contributed by atoms with Gasteiger partial charge < -0.3 is 20.5 Å². The molecule has 0 radical (unpaired) electrons. The van der Waals surface area contributed by atoms with Gasteiger partial charge in [-0.15, -0.1) is 11.3 Å². The number of benzene rings is 1. The molecular formula is C22H27N5O3S. The summed E-state index contributed by atoms with van der Waals surface area (Å²) in [6, 6.07) is 7.68. The number of primary amides is 1.